The number of aromatic nitrogens is 1. The Bertz CT molecular complexity index is 830. The second-order valence-electron chi connectivity index (χ2n) is 8.28. The van der Waals surface area contributed by atoms with Crippen LogP contribution in [0.15, 0.2) is 30.4 Å². The Morgan fingerprint density at radius 1 is 1.33 bits per heavy atom. The summed E-state index contributed by atoms with van der Waals surface area (Å²) < 4.78 is 5.17. The minimum absolute atomic E-state index is 0.108. The number of rotatable bonds is 5. The van der Waals surface area contributed by atoms with Crippen LogP contribution in [-0.2, 0) is 17.6 Å². The van der Waals surface area contributed by atoms with Crippen LogP contribution in [0.5, 0.6) is 0 Å². The van der Waals surface area contributed by atoms with Crippen molar-refractivity contribution < 1.29 is 9.53 Å². The van der Waals surface area contributed by atoms with Crippen LogP contribution in [0, 0.1) is 0 Å². The molecule has 0 saturated carbocycles. The van der Waals surface area contributed by atoms with E-state index in [2.05, 4.69) is 36.4 Å². The lowest BCUT2D eigenvalue weighted by molar-refractivity contribution is 0.174. The average molecular weight is 370 g/mol. The number of hydrogen-bond acceptors (Lipinski definition) is 3. The van der Waals surface area contributed by atoms with E-state index in [0.717, 1.165) is 36.9 Å². The molecule has 1 aromatic heterocycles. The van der Waals surface area contributed by atoms with Gasteiger partial charge in [0, 0.05) is 33.9 Å². The van der Waals surface area contributed by atoms with Crippen LogP contribution in [0.1, 0.15) is 51.8 Å². The van der Waals surface area contributed by atoms with Gasteiger partial charge in [-0.3, -0.25) is 5.32 Å². The molecule has 1 heterocycles. The van der Waals surface area contributed by atoms with Crippen molar-refractivity contribution in [2.45, 2.75) is 65.0 Å². The molecule has 0 saturated heterocycles. The van der Waals surface area contributed by atoms with E-state index in [4.69, 9.17) is 4.74 Å². The van der Waals surface area contributed by atoms with Crippen LogP contribution in [0.3, 0.4) is 0 Å². The van der Waals surface area contributed by atoms with Gasteiger partial charge >= 0.3 is 6.09 Å². The van der Waals surface area contributed by atoms with Crippen molar-refractivity contribution in [2.24, 2.45) is 0 Å². The Kier molecular flexibility index (Phi) is 5.90. The smallest absolute Gasteiger partial charge is 0.411 e. The Morgan fingerprint density at radius 2 is 2.15 bits per heavy atom. The first kappa shape index (κ1) is 19.5. The predicted octanol–water partition coefficient (Wildman–Crippen LogP) is 4.93. The standard InChI is InChI=1S/C22H31N3O2/c1-5-6-7-12-27-21(26)23-15-8-10-19-17(13-15)18-14-16(25-22(2,3)4)9-11-20(18)24-19/h6-8,10,13,16,24-25H,5,9,11-12,14H2,1-4H3,(H,23,26)/b7-6+. The molecule has 0 fully saturated rings. The van der Waals surface area contributed by atoms with E-state index in [9.17, 15) is 4.79 Å². The topological polar surface area (TPSA) is 66.1 Å². The molecule has 3 rings (SSSR count). The summed E-state index contributed by atoms with van der Waals surface area (Å²) in [5, 5.41) is 7.75. The van der Waals surface area contributed by atoms with E-state index in [-0.39, 0.29) is 5.54 Å². The summed E-state index contributed by atoms with van der Waals surface area (Å²) in [5.74, 6) is 0. The number of fused-ring (bicyclic) bond motifs is 3. The van der Waals surface area contributed by atoms with Gasteiger partial charge in [-0.05, 0) is 70.2 Å². The van der Waals surface area contributed by atoms with Gasteiger partial charge in [0.15, 0.2) is 0 Å². The zero-order valence-electron chi connectivity index (χ0n) is 16.8. The van der Waals surface area contributed by atoms with Crippen LogP contribution < -0.4 is 10.6 Å². The number of hydrogen-bond donors (Lipinski definition) is 3. The molecular formula is C22H31N3O2. The molecule has 0 bridgehead atoms. The number of carbonyl (C=O) groups is 1. The fourth-order valence-electron chi connectivity index (χ4n) is 3.74. The van der Waals surface area contributed by atoms with E-state index < -0.39 is 6.09 Å². The highest BCUT2D eigenvalue weighted by molar-refractivity contribution is 5.92. The Morgan fingerprint density at radius 3 is 2.89 bits per heavy atom. The number of anilines is 1. The quantitative estimate of drug-likeness (QED) is 0.655. The maximum absolute atomic E-state index is 12.0. The molecule has 5 heteroatoms. The first-order valence-corrected chi connectivity index (χ1v) is 9.85. The van der Waals surface area contributed by atoms with Gasteiger partial charge in [0.05, 0.1) is 0 Å². The van der Waals surface area contributed by atoms with E-state index in [0.29, 0.717) is 12.6 Å². The number of H-pyrrole nitrogens is 1. The van der Waals surface area contributed by atoms with Crippen molar-refractivity contribution >= 4 is 22.7 Å². The fraction of sp³-hybridized carbons (Fsp3) is 0.500. The molecule has 146 valence electrons. The molecule has 1 aromatic carbocycles. The minimum atomic E-state index is -0.424. The number of allylic oxidation sites excluding steroid dienone is 1. The van der Waals surface area contributed by atoms with E-state index >= 15 is 0 Å². The van der Waals surface area contributed by atoms with Gasteiger partial charge in [-0.1, -0.05) is 19.1 Å². The van der Waals surface area contributed by atoms with Crippen molar-refractivity contribution in [3.05, 3.63) is 41.6 Å². The average Bonchev–Trinajstić information content (AvgIpc) is 2.95. The maximum Gasteiger partial charge on any atom is 0.411 e. The number of carbonyl (C=O) groups excluding carboxylic acids is 1. The summed E-state index contributed by atoms with van der Waals surface area (Å²) in [7, 11) is 0. The molecule has 3 N–H and O–H groups in total. The van der Waals surface area contributed by atoms with Gasteiger partial charge in [0.25, 0.3) is 0 Å². The summed E-state index contributed by atoms with van der Waals surface area (Å²) >= 11 is 0. The summed E-state index contributed by atoms with van der Waals surface area (Å²) in [6, 6.07) is 6.47. The van der Waals surface area contributed by atoms with E-state index in [1.54, 1.807) is 0 Å². The summed E-state index contributed by atoms with van der Waals surface area (Å²) in [5.41, 5.74) is 4.68. The van der Waals surface area contributed by atoms with Crippen molar-refractivity contribution in [3.63, 3.8) is 0 Å². The van der Waals surface area contributed by atoms with Crippen molar-refractivity contribution in [3.8, 4) is 0 Å². The molecule has 1 amide bonds. The lowest BCUT2D eigenvalue weighted by Gasteiger charge is -2.31. The molecule has 1 aliphatic rings. The van der Waals surface area contributed by atoms with E-state index in [1.807, 2.05) is 37.3 Å². The van der Waals surface area contributed by atoms with Gasteiger partial charge in [-0.25, -0.2) is 4.79 Å². The molecule has 2 aromatic rings. The van der Waals surface area contributed by atoms with Gasteiger partial charge in [-0.2, -0.15) is 0 Å². The molecule has 0 aliphatic heterocycles. The van der Waals surface area contributed by atoms with Crippen LogP contribution in [0.2, 0.25) is 0 Å². The highest BCUT2D eigenvalue weighted by atomic mass is 16.5. The van der Waals surface area contributed by atoms with Crippen molar-refractivity contribution in [2.75, 3.05) is 11.9 Å². The molecule has 5 nitrogen and oxygen atoms in total. The molecule has 1 aliphatic carbocycles. The highest BCUT2D eigenvalue weighted by Gasteiger charge is 2.25. The second-order valence-corrected chi connectivity index (χ2v) is 8.28. The van der Waals surface area contributed by atoms with Crippen molar-refractivity contribution in [1.82, 2.24) is 10.3 Å². The third kappa shape index (κ3) is 5.13. The minimum Gasteiger partial charge on any atom is -0.445 e. The zero-order chi connectivity index (χ0) is 19.4. The lowest BCUT2D eigenvalue weighted by Crippen LogP contribution is -2.46. The van der Waals surface area contributed by atoms with Gasteiger partial charge in [0.1, 0.15) is 6.61 Å². The predicted molar refractivity (Wildman–Crippen MR) is 111 cm³/mol. The van der Waals surface area contributed by atoms with Gasteiger partial charge in [-0.15, -0.1) is 0 Å². The number of ether oxygens (including phenoxy) is 1. The zero-order valence-corrected chi connectivity index (χ0v) is 16.8. The van der Waals surface area contributed by atoms with Crippen LogP contribution in [0.4, 0.5) is 10.5 Å². The third-order valence-corrected chi connectivity index (χ3v) is 4.78. The lowest BCUT2D eigenvalue weighted by atomic mass is 9.90. The van der Waals surface area contributed by atoms with Crippen LogP contribution in [0.25, 0.3) is 10.9 Å². The molecule has 0 spiro atoms. The number of aryl methyl sites for hydroxylation is 1. The SMILES string of the molecule is CC/C=C/COC(=O)Nc1ccc2[nH]c3c(c2c1)CC(NC(C)(C)C)CC3. The highest BCUT2D eigenvalue weighted by Crippen LogP contribution is 2.31. The number of amides is 1. The second kappa shape index (κ2) is 8.17. The normalized spacial score (nSPS) is 17.3. The van der Waals surface area contributed by atoms with Gasteiger partial charge in [0.2, 0.25) is 0 Å². The van der Waals surface area contributed by atoms with Crippen molar-refractivity contribution in [1.29, 1.82) is 0 Å². The van der Waals surface area contributed by atoms with Crippen LogP contribution >= 0.6 is 0 Å². The first-order chi connectivity index (χ1) is 12.9. The summed E-state index contributed by atoms with van der Waals surface area (Å²) in [4.78, 5) is 15.5. The number of nitrogens with one attached hydrogen (secondary N) is 3. The fourth-order valence-corrected chi connectivity index (χ4v) is 3.74. The van der Waals surface area contributed by atoms with Gasteiger partial charge < -0.3 is 15.0 Å². The number of aromatic amines is 1. The Labute approximate surface area is 161 Å². The van der Waals surface area contributed by atoms with Crippen LogP contribution in [-0.4, -0.2) is 29.3 Å². The molecule has 1 unspecified atom stereocenters. The largest absolute Gasteiger partial charge is 0.445 e. The third-order valence-electron chi connectivity index (χ3n) is 4.78. The maximum atomic E-state index is 12.0. The van der Waals surface area contributed by atoms with E-state index in [1.165, 1.54) is 16.6 Å². The summed E-state index contributed by atoms with van der Waals surface area (Å²) in [6.45, 7) is 8.97. The molecule has 27 heavy (non-hydrogen) atoms. The molecular weight excluding hydrogens is 338 g/mol. The summed E-state index contributed by atoms with van der Waals surface area (Å²) in [6.07, 6.45) is 7.53. The molecule has 1 atom stereocenters. The number of benzene rings is 1. The monoisotopic (exact) mass is 369 g/mol. The molecule has 0 radical (unpaired) electrons. The first-order valence-electron chi connectivity index (χ1n) is 9.85. The Hall–Kier alpha value is -2.27. The Balaban J connectivity index is 1.73.